The number of hydrogen-bond acceptors (Lipinski definition) is 5. The first-order valence-corrected chi connectivity index (χ1v) is 9.18. The zero-order valence-electron chi connectivity index (χ0n) is 15.7. The quantitative estimate of drug-likeness (QED) is 0.423. The molecule has 7 heteroatoms. The molecule has 0 radical (unpaired) electrons. The number of rotatable bonds is 5. The Bertz CT molecular complexity index is 1190. The van der Waals surface area contributed by atoms with E-state index in [0.29, 0.717) is 22.2 Å². The van der Waals surface area contributed by atoms with Crippen LogP contribution in [0.5, 0.6) is 5.75 Å². The van der Waals surface area contributed by atoms with Crippen LogP contribution in [-0.4, -0.2) is 18.2 Å². The van der Waals surface area contributed by atoms with E-state index < -0.39 is 0 Å². The molecule has 1 N–H and O–H groups in total. The van der Waals surface area contributed by atoms with Gasteiger partial charge in [-0.05, 0) is 36.3 Å². The number of carbonyl (C=O) groups excluding carboxylic acids is 1. The molecule has 4 aromatic rings. The van der Waals surface area contributed by atoms with Crippen molar-refractivity contribution >= 4 is 39.9 Å². The summed E-state index contributed by atoms with van der Waals surface area (Å²) in [6.07, 6.45) is 4.58. The Labute approximate surface area is 171 Å². The maximum Gasteiger partial charge on any atom is 0.249 e. The fourth-order valence-electron chi connectivity index (χ4n) is 3.10. The summed E-state index contributed by atoms with van der Waals surface area (Å²) in [4.78, 5) is 12.3. The lowest BCUT2D eigenvalue weighted by atomic mass is 9.99. The average Bonchev–Trinajstić information content (AvgIpc) is 3.36. The van der Waals surface area contributed by atoms with Crippen LogP contribution in [0.1, 0.15) is 12.5 Å². The van der Waals surface area contributed by atoms with Crippen molar-refractivity contribution in [2.45, 2.75) is 6.92 Å². The molecule has 0 spiro atoms. The van der Waals surface area contributed by atoms with Crippen LogP contribution in [0.3, 0.4) is 0 Å². The summed E-state index contributed by atoms with van der Waals surface area (Å²) in [5.41, 5.74) is 4.12. The number of anilines is 1. The van der Waals surface area contributed by atoms with Crippen molar-refractivity contribution in [2.75, 3.05) is 12.4 Å². The van der Waals surface area contributed by atoms with Gasteiger partial charge in [0, 0.05) is 39.7 Å². The van der Waals surface area contributed by atoms with Gasteiger partial charge in [0.05, 0.1) is 13.4 Å². The van der Waals surface area contributed by atoms with Gasteiger partial charge in [0.15, 0.2) is 5.82 Å². The van der Waals surface area contributed by atoms with Gasteiger partial charge in [-0.25, -0.2) is 0 Å². The Morgan fingerprint density at radius 1 is 1.21 bits per heavy atom. The van der Waals surface area contributed by atoms with E-state index in [-0.39, 0.29) is 5.91 Å². The second-order valence-electron chi connectivity index (χ2n) is 6.41. The molecule has 0 aliphatic carbocycles. The molecule has 0 fully saturated rings. The maximum atomic E-state index is 12.3. The first-order valence-electron chi connectivity index (χ1n) is 8.80. The molecule has 2 aromatic heterocycles. The highest BCUT2D eigenvalue weighted by Gasteiger charge is 2.15. The van der Waals surface area contributed by atoms with E-state index in [2.05, 4.69) is 10.5 Å². The Morgan fingerprint density at radius 2 is 2.00 bits per heavy atom. The molecule has 1 amide bonds. The number of aromatic nitrogens is 1. The summed E-state index contributed by atoms with van der Waals surface area (Å²) in [5.74, 6) is 0.641. The van der Waals surface area contributed by atoms with Gasteiger partial charge in [-0.3, -0.25) is 4.79 Å². The van der Waals surface area contributed by atoms with E-state index in [9.17, 15) is 4.79 Å². The predicted molar refractivity (Wildman–Crippen MR) is 112 cm³/mol. The molecule has 0 atom stereocenters. The number of halogens is 1. The number of hydrogen-bond donors (Lipinski definition) is 1. The second-order valence-corrected chi connectivity index (χ2v) is 6.84. The molecule has 0 bridgehead atoms. The number of allylic oxidation sites excluding steroid dienone is 1. The van der Waals surface area contributed by atoms with Crippen LogP contribution >= 0.6 is 11.6 Å². The summed E-state index contributed by atoms with van der Waals surface area (Å²) < 4.78 is 16.0. The average molecular weight is 409 g/mol. The lowest BCUT2D eigenvalue weighted by molar-refractivity contribution is -0.111. The SMILES string of the molecule is COc1cc2occ(-c3ccc(Cl)cc3)c2cc1/C(C)=C/C(=O)Nc1ccon1. The minimum atomic E-state index is -0.316. The molecule has 0 unspecified atom stereocenters. The number of benzene rings is 2. The monoisotopic (exact) mass is 408 g/mol. The van der Waals surface area contributed by atoms with Crippen molar-refractivity contribution in [3.63, 3.8) is 0 Å². The molecule has 2 heterocycles. The minimum Gasteiger partial charge on any atom is -0.496 e. The first-order chi connectivity index (χ1) is 14.0. The van der Waals surface area contributed by atoms with Gasteiger partial charge in [0.2, 0.25) is 5.91 Å². The number of nitrogens with zero attached hydrogens (tertiary/aromatic N) is 1. The summed E-state index contributed by atoms with van der Waals surface area (Å²) >= 11 is 6.00. The number of fused-ring (bicyclic) bond motifs is 1. The van der Waals surface area contributed by atoms with Crippen LogP contribution in [0, 0.1) is 0 Å². The van der Waals surface area contributed by atoms with Gasteiger partial charge in [-0.15, -0.1) is 0 Å². The standard InChI is InChI=1S/C22H17ClN2O4/c1-13(9-22(26)24-21-7-8-29-25-21)16-10-17-18(14-3-5-15(23)6-4-14)12-28-20(17)11-19(16)27-2/h3-12H,1-2H3,(H,24,25,26)/b13-9+. The molecule has 0 saturated carbocycles. The van der Waals surface area contributed by atoms with Crippen LogP contribution in [0.4, 0.5) is 5.82 Å². The second kappa shape index (κ2) is 7.85. The smallest absolute Gasteiger partial charge is 0.249 e. The molecule has 146 valence electrons. The van der Waals surface area contributed by atoms with Crippen molar-refractivity contribution < 1.29 is 18.5 Å². The van der Waals surface area contributed by atoms with Gasteiger partial charge in [-0.1, -0.05) is 28.9 Å². The fraction of sp³-hybridized carbons (Fsp3) is 0.0909. The number of ether oxygens (including phenoxy) is 1. The highest BCUT2D eigenvalue weighted by molar-refractivity contribution is 6.30. The molecule has 6 nitrogen and oxygen atoms in total. The van der Waals surface area contributed by atoms with E-state index in [1.165, 1.54) is 12.3 Å². The van der Waals surface area contributed by atoms with E-state index in [1.54, 1.807) is 19.4 Å². The van der Waals surface area contributed by atoms with Crippen molar-refractivity contribution in [3.05, 3.63) is 71.7 Å². The molecular weight excluding hydrogens is 392 g/mol. The lowest BCUT2D eigenvalue weighted by Crippen LogP contribution is -2.08. The molecule has 2 aromatic carbocycles. The van der Waals surface area contributed by atoms with E-state index >= 15 is 0 Å². The number of methoxy groups -OCH3 is 1. The number of furan rings is 1. The van der Waals surface area contributed by atoms with Crippen LogP contribution in [0.2, 0.25) is 5.02 Å². The molecule has 0 aliphatic heterocycles. The molecule has 0 aliphatic rings. The number of nitrogens with one attached hydrogen (secondary N) is 1. The van der Waals surface area contributed by atoms with Gasteiger partial charge >= 0.3 is 0 Å². The van der Waals surface area contributed by atoms with Crippen LogP contribution in [0.25, 0.3) is 27.7 Å². The normalized spacial score (nSPS) is 11.6. The zero-order valence-corrected chi connectivity index (χ0v) is 16.5. The van der Waals surface area contributed by atoms with Gasteiger partial charge in [-0.2, -0.15) is 0 Å². The molecule has 0 saturated heterocycles. The molecule has 29 heavy (non-hydrogen) atoms. The fourth-order valence-corrected chi connectivity index (χ4v) is 3.22. The highest BCUT2D eigenvalue weighted by Crippen LogP contribution is 2.37. The first kappa shape index (κ1) is 18.8. The summed E-state index contributed by atoms with van der Waals surface area (Å²) in [5, 5.41) is 7.89. The third-order valence-corrected chi connectivity index (χ3v) is 4.76. The van der Waals surface area contributed by atoms with Crippen LogP contribution in [0.15, 0.2) is 70.0 Å². The molecular formula is C22H17ClN2O4. The Kier molecular flexibility index (Phi) is 5.10. The number of amides is 1. The summed E-state index contributed by atoms with van der Waals surface area (Å²) in [7, 11) is 1.58. The Balaban J connectivity index is 1.74. The van der Waals surface area contributed by atoms with E-state index in [1.807, 2.05) is 43.3 Å². The highest BCUT2D eigenvalue weighted by atomic mass is 35.5. The maximum absolute atomic E-state index is 12.3. The van der Waals surface area contributed by atoms with Crippen molar-refractivity contribution in [1.82, 2.24) is 5.16 Å². The third-order valence-electron chi connectivity index (χ3n) is 4.51. The molecule has 4 rings (SSSR count). The lowest BCUT2D eigenvalue weighted by Gasteiger charge is -2.10. The van der Waals surface area contributed by atoms with Gasteiger partial charge < -0.3 is 19.0 Å². The largest absolute Gasteiger partial charge is 0.496 e. The van der Waals surface area contributed by atoms with Crippen molar-refractivity contribution in [2.24, 2.45) is 0 Å². The van der Waals surface area contributed by atoms with Crippen molar-refractivity contribution in [3.8, 4) is 16.9 Å². The number of carbonyl (C=O) groups is 1. The van der Waals surface area contributed by atoms with E-state index in [0.717, 1.165) is 27.6 Å². The summed E-state index contributed by atoms with van der Waals surface area (Å²) in [6, 6.07) is 12.9. The topological polar surface area (TPSA) is 77.5 Å². The Hall–Kier alpha value is -3.51. The Morgan fingerprint density at radius 3 is 2.69 bits per heavy atom. The summed E-state index contributed by atoms with van der Waals surface area (Å²) in [6.45, 7) is 1.84. The third kappa shape index (κ3) is 3.88. The minimum absolute atomic E-state index is 0.316. The van der Waals surface area contributed by atoms with Crippen LogP contribution in [-0.2, 0) is 4.79 Å². The predicted octanol–water partition coefficient (Wildman–Crippen LogP) is 5.79. The van der Waals surface area contributed by atoms with Crippen LogP contribution < -0.4 is 10.1 Å². The van der Waals surface area contributed by atoms with Gasteiger partial charge in [0.1, 0.15) is 17.6 Å². The van der Waals surface area contributed by atoms with Crippen molar-refractivity contribution in [1.29, 1.82) is 0 Å². The zero-order chi connectivity index (χ0) is 20.4. The van der Waals surface area contributed by atoms with E-state index in [4.69, 9.17) is 25.3 Å². The van der Waals surface area contributed by atoms with Gasteiger partial charge in [0.25, 0.3) is 0 Å².